The fourth-order valence-corrected chi connectivity index (χ4v) is 2.12. The van der Waals surface area contributed by atoms with E-state index in [4.69, 9.17) is 18.9 Å². The van der Waals surface area contributed by atoms with Crippen LogP contribution in [0.1, 0.15) is 10.4 Å². The number of benzene rings is 2. The molecule has 0 saturated carbocycles. The predicted molar refractivity (Wildman–Crippen MR) is 92.1 cm³/mol. The van der Waals surface area contributed by atoms with Gasteiger partial charge in [0.1, 0.15) is 23.0 Å². The molecule has 1 N–H and O–H groups in total. The van der Waals surface area contributed by atoms with Gasteiger partial charge in [0.15, 0.2) is 12.9 Å². The summed E-state index contributed by atoms with van der Waals surface area (Å²) in [6, 6.07) is 9.79. The molecule has 2 aromatic rings. The normalized spacial score (nSPS) is 9.88. The zero-order chi connectivity index (χ0) is 18.2. The van der Waals surface area contributed by atoms with Crippen LogP contribution in [0.15, 0.2) is 36.4 Å². The molecule has 0 bridgehead atoms. The van der Waals surface area contributed by atoms with E-state index >= 15 is 0 Å². The van der Waals surface area contributed by atoms with Gasteiger partial charge in [-0.1, -0.05) is 0 Å². The van der Waals surface area contributed by atoms with E-state index in [1.165, 1.54) is 27.4 Å². The average Bonchev–Trinajstić information content (AvgIpc) is 2.66. The van der Waals surface area contributed by atoms with Gasteiger partial charge in [-0.25, -0.2) is 0 Å². The largest absolute Gasteiger partial charge is 0.497 e. The summed E-state index contributed by atoms with van der Waals surface area (Å²) in [6.45, 7) is -0.270. The Hall–Kier alpha value is -3.22. The van der Waals surface area contributed by atoms with E-state index in [1.807, 2.05) is 0 Å². The molecule has 0 saturated heterocycles. The average molecular weight is 345 g/mol. The van der Waals surface area contributed by atoms with Crippen LogP contribution in [-0.2, 0) is 4.79 Å². The summed E-state index contributed by atoms with van der Waals surface area (Å²) in [5, 5.41) is 2.68. The topological polar surface area (TPSA) is 83.1 Å². The maximum atomic E-state index is 12.1. The molecular formula is C18H19NO6. The quantitative estimate of drug-likeness (QED) is 0.740. The zero-order valence-corrected chi connectivity index (χ0v) is 14.2. The zero-order valence-electron chi connectivity index (χ0n) is 14.2. The molecule has 0 radical (unpaired) electrons. The van der Waals surface area contributed by atoms with Crippen LogP contribution in [-0.4, -0.2) is 40.1 Å². The van der Waals surface area contributed by atoms with Crippen molar-refractivity contribution in [1.29, 1.82) is 0 Å². The fraction of sp³-hybridized carbons (Fsp3) is 0.222. The number of methoxy groups -OCH3 is 3. The van der Waals surface area contributed by atoms with Gasteiger partial charge in [-0.05, 0) is 30.3 Å². The van der Waals surface area contributed by atoms with Crippen LogP contribution in [0.3, 0.4) is 0 Å². The number of hydrogen-bond donors (Lipinski definition) is 1. The summed E-state index contributed by atoms with van der Waals surface area (Å²) in [5.74, 6) is 1.49. The minimum absolute atomic E-state index is 0.270. The second kappa shape index (κ2) is 8.58. The van der Waals surface area contributed by atoms with Crippen molar-refractivity contribution in [2.45, 2.75) is 0 Å². The Bertz CT molecular complexity index is 759. The highest BCUT2D eigenvalue weighted by Crippen LogP contribution is 2.29. The molecule has 0 heterocycles. The Labute approximate surface area is 145 Å². The molecule has 132 valence electrons. The van der Waals surface area contributed by atoms with Gasteiger partial charge in [-0.15, -0.1) is 0 Å². The Kier molecular flexibility index (Phi) is 6.22. The van der Waals surface area contributed by atoms with Crippen LogP contribution in [0.5, 0.6) is 23.0 Å². The molecule has 0 aliphatic heterocycles. The highest BCUT2D eigenvalue weighted by Gasteiger charge is 2.11. The minimum Gasteiger partial charge on any atom is -0.497 e. The van der Waals surface area contributed by atoms with Crippen LogP contribution in [0.2, 0.25) is 0 Å². The molecule has 0 aliphatic carbocycles. The first kappa shape index (κ1) is 18.1. The Morgan fingerprint density at radius 1 is 0.960 bits per heavy atom. The first-order valence-corrected chi connectivity index (χ1v) is 7.39. The monoisotopic (exact) mass is 345 g/mol. The molecule has 0 aromatic heterocycles. The van der Waals surface area contributed by atoms with Crippen molar-refractivity contribution in [3.63, 3.8) is 0 Å². The van der Waals surface area contributed by atoms with Crippen LogP contribution in [0.25, 0.3) is 0 Å². The lowest BCUT2D eigenvalue weighted by atomic mass is 10.2. The number of amides is 1. The summed E-state index contributed by atoms with van der Waals surface area (Å²) in [4.78, 5) is 23.2. The summed E-state index contributed by atoms with van der Waals surface area (Å²) < 4.78 is 20.8. The number of hydrogen-bond acceptors (Lipinski definition) is 6. The maximum absolute atomic E-state index is 12.1. The lowest BCUT2D eigenvalue weighted by molar-refractivity contribution is -0.118. The van der Waals surface area contributed by atoms with Gasteiger partial charge in [0.05, 0.1) is 32.6 Å². The number of aldehydes is 1. The summed E-state index contributed by atoms with van der Waals surface area (Å²) in [6.07, 6.45) is 0.640. The highest BCUT2D eigenvalue weighted by molar-refractivity contribution is 5.93. The lowest BCUT2D eigenvalue weighted by Crippen LogP contribution is -2.21. The summed E-state index contributed by atoms with van der Waals surface area (Å²) in [7, 11) is 4.53. The molecule has 25 heavy (non-hydrogen) atoms. The number of anilines is 1. The van der Waals surface area contributed by atoms with Gasteiger partial charge in [0.25, 0.3) is 5.91 Å². The van der Waals surface area contributed by atoms with Crippen LogP contribution in [0.4, 0.5) is 5.69 Å². The Morgan fingerprint density at radius 2 is 1.60 bits per heavy atom. The van der Waals surface area contributed by atoms with E-state index < -0.39 is 5.91 Å². The van der Waals surface area contributed by atoms with Gasteiger partial charge >= 0.3 is 0 Å². The van der Waals surface area contributed by atoms with Crippen LogP contribution < -0.4 is 24.3 Å². The minimum atomic E-state index is -0.403. The van der Waals surface area contributed by atoms with E-state index in [-0.39, 0.29) is 6.61 Å². The molecule has 7 heteroatoms. The summed E-state index contributed by atoms with van der Waals surface area (Å²) >= 11 is 0. The van der Waals surface area contributed by atoms with Gasteiger partial charge in [-0.3, -0.25) is 9.59 Å². The van der Waals surface area contributed by atoms with Gasteiger partial charge in [0.2, 0.25) is 0 Å². The van der Waals surface area contributed by atoms with Crippen molar-refractivity contribution in [2.75, 3.05) is 33.3 Å². The number of rotatable bonds is 8. The van der Waals surface area contributed by atoms with Crippen LogP contribution in [0, 0.1) is 0 Å². The van der Waals surface area contributed by atoms with Crippen LogP contribution >= 0.6 is 0 Å². The first-order valence-electron chi connectivity index (χ1n) is 7.39. The van der Waals surface area contributed by atoms with Crippen molar-refractivity contribution in [2.24, 2.45) is 0 Å². The Morgan fingerprint density at radius 3 is 2.20 bits per heavy atom. The molecule has 0 fully saturated rings. The van der Waals surface area contributed by atoms with Crippen molar-refractivity contribution in [3.8, 4) is 23.0 Å². The van der Waals surface area contributed by atoms with Gasteiger partial charge < -0.3 is 24.3 Å². The molecule has 0 atom stereocenters. The van der Waals surface area contributed by atoms with Gasteiger partial charge in [0, 0.05) is 6.07 Å². The van der Waals surface area contributed by atoms with Crippen molar-refractivity contribution >= 4 is 17.9 Å². The Balaban J connectivity index is 2.05. The molecule has 0 spiro atoms. The molecule has 2 rings (SSSR count). The van der Waals surface area contributed by atoms with Crippen molar-refractivity contribution in [1.82, 2.24) is 0 Å². The maximum Gasteiger partial charge on any atom is 0.262 e. The number of ether oxygens (including phenoxy) is 4. The van der Waals surface area contributed by atoms with Crippen molar-refractivity contribution < 1.29 is 28.5 Å². The van der Waals surface area contributed by atoms with E-state index in [9.17, 15) is 9.59 Å². The fourth-order valence-electron chi connectivity index (χ4n) is 2.12. The second-order valence-corrected chi connectivity index (χ2v) is 4.92. The molecule has 1 amide bonds. The van der Waals surface area contributed by atoms with Gasteiger partial charge in [-0.2, -0.15) is 0 Å². The first-order chi connectivity index (χ1) is 12.1. The van der Waals surface area contributed by atoms with Crippen molar-refractivity contribution in [3.05, 3.63) is 42.0 Å². The molecule has 0 unspecified atom stereocenters. The smallest absolute Gasteiger partial charge is 0.262 e. The highest BCUT2D eigenvalue weighted by atomic mass is 16.5. The standard InChI is InChI=1S/C18H19NO6/c1-22-13-4-6-16(12(8-13)10-20)25-11-18(21)19-15-9-14(23-2)5-7-17(15)24-3/h4-10H,11H2,1-3H3,(H,19,21). The summed E-state index contributed by atoms with van der Waals surface area (Å²) in [5.41, 5.74) is 0.756. The third-order valence-electron chi connectivity index (χ3n) is 3.38. The van der Waals surface area contributed by atoms with E-state index in [2.05, 4.69) is 5.32 Å². The number of nitrogens with one attached hydrogen (secondary N) is 1. The number of carbonyl (C=O) groups is 2. The number of carbonyl (C=O) groups excluding carboxylic acids is 2. The molecular weight excluding hydrogens is 326 g/mol. The molecule has 2 aromatic carbocycles. The third-order valence-corrected chi connectivity index (χ3v) is 3.38. The lowest BCUT2D eigenvalue weighted by Gasteiger charge is -2.13. The predicted octanol–water partition coefficient (Wildman–Crippen LogP) is 2.54. The molecule has 0 aliphatic rings. The van der Waals surface area contributed by atoms with E-state index in [1.54, 1.807) is 30.3 Å². The van der Waals surface area contributed by atoms with E-state index in [0.717, 1.165) is 0 Å². The third kappa shape index (κ3) is 4.63. The SMILES string of the molecule is COc1ccc(OCC(=O)Nc2cc(OC)ccc2OC)c(C=O)c1. The van der Waals surface area contributed by atoms with E-state index in [0.29, 0.717) is 40.5 Å². The molecule has 7 nitrogen and oxygen atoms in total. The second-order valence-electron chi connectivity index (χ2n) is 4.92.